The number of nitrogens with one attached hydrogen (secondary N) is 2. The number of hydrogen-bond acceptors (Lipinski definition) is 3. The molecule has 0 saturated carbocycles. The molecule has 0 aromatic heterocycles. The standard InChI is InChI=1S/C24H28FN3O3/c1-31-22-8-7-20(25)15-19(22)17-26-11-13-27(14-12-26)21-16-23(29)28(24(21)30)10-9-18-5-3-2-4-6-18/h2-8,15,21H,9-14,16-17H2,1H3/p+2/t21-/m1/s1. The zero-order valence-corrected chi connectivity index (χ0v) is 17.9. The summed E-state index contributed by atoms with van der Waals surface area (Å²) < 4.78 is 19.0. The number of piperazine rings is 1. The van der Waals surface area contributed by atoms with Gasteiger partial charge in [-0.3, -0.25) is 14.5 Å². The fourth-order valence-corrected chi connectivity index (χ4v) is 4.73. The summed E-state index contributed by atoms with van der Waals surface area (Å²) in [4.78, 5) is 29.4. The molecule has 0 unspecified atom stereocenters. The van der Waals surface area contributed by atoms with Gasteiger partial charge in [0.05, 0.1) is 19.1 Å². The van der Waals surface area contributed by atoms with Crippen molar-refractivity contribution in [2.75, 3.05) is 39.8 Å². The smallest absolute Gasteiger partial charge is 0.288 e. The summed E-state index contributed by atoms with van der Waals surface area (Å²) >= 11 is 0. The van der Waals surface area contributed by atoms with Crippen molar-refractivity contribution in [2.24, 2.45) is 0 Å². The van der Waals surface area contributed by atoms with E-state index in [0.29, 0.717) is 31.7 Å². The second kappa shape index (κ2) is 9.58. The first kappa shape index (κ1) is 21.5. The largest absolute Gasteiger partial charge is 0.496 e. The first-order valence-electron chi connectivity index (χ1n) is 10.9. The Balaban J connectivity index is 1.31. The molecular formula is C24H30FN3O3+2. The summed E-state index contributed by atoms with van der Waals surface area (Å²) in [5.41, 5.74) is 1.99. The number of methoxy groups -OCH3 is 1. The molecule has 0 radical (unpaired) electrons. The Morgan fingerprint density at radius 1 is 1.06 bits per heavy atom. The predicted octanol–water partition coefficient (Wildman–Crippen LogP) is -0.512. The molecule has 1 atom stereocenters. The van der Waals surface area contributed by atoms with Crippen LogP contribution in [-0.2, 0) is 22.6 Å². The third-order valence-corrected chi connectivity index (χ3v) is 6.49. The van der Waals surface area contributed by atoms with Crippen LogP contribution in [0.25, 0.3) is 0 Å². The third-order valence-electron chi connectivity index (χ3n) is 6.49. The Labute approximate surface area is 182 Å². The number of nitrogens with zero attached hydrogens (tertiary/aromatic N) is 1. The highest BCUT2D eigenvalue weighted by Gasteiger charge is 2.46. The van der Waals surface area contributed by atoms with Crippen molar-refractivity contribution in [3.63, 3.8) is 0 Å². The zero-order chi connectivity index (χ0) is 21.8. The molecule has 2 N–H and O–H groups in total. The van der Waals surface area contributed by atoms with Gasteiger partial charge in [0.2, 0.25) is 5.91 Å². The summed E-state index contributed by atoms with van der Waals surface area (Å²) in [6.07, 6.45) is 0.990. The number of benzene rings is 2. The fraction of sp³-hybridized carbons (Fsp3) is 0.417. The van der Waals surface area contributed by atoms with Crippen LogP contribution in [0.1, 0.15) is 17.5 Å². The predicted molar refractivity (Wildman–Crippen MR) is 113 cm³/mol. The van der Waals surface area contributed by atoms with Gasteiger partial charge in [-0.15, -0.1) is 0 Å². The molecule has 2 aromatic rings. The monoisotopic (exact) mass is 427 g/mol. The number of quaternary nitrogens is 2. The number of amides is 2. The topological polar surface area (TPSA) is 55.5 Å². The maximum atomic E-state index is 13.6. The number of carbonyl (C=O) groups is 2. The van der Waals surface area contributed by atoms with Gasteiger partial charge in [-0.25, -0.2) is 4.39 Å². The molecule has 0 spiro atoms. The van der Waals surface area contributed by atoms with Gasteiger partial charge >= 0.3 is 0 Å². The van der Waals surface area contributed by atoms with Crippen LogP contribution in [0.15, 0.2) is 48.5 Å². The maximum absolute atomic E-state index is 13.6. The van der Waals surface area contributed by atoms with Crippen molar-refractivity contribution in [3.05, 3.63) is 65.5 Å². The minimum atomic E-state index is -0.270. The van der Waals surface area contributed by atoms with Crippen LogP contribution in [-0.4, -0.2) is 62.6 Å². The van der Waals surface area contributed by atoms with Gasteiger partial charge < -0.3 is 14.5 Å². The van der Waals surface area contributed by atoms with Crippen molar-refractivity contribution >= 4 is 11.8 Å². The summed E-state index contributed by atoms with van der Waals surface area (Å²) in [5, 5.41) is 0. The first-order chi connectivity index (χ1) is 15.0. The average molecular weight is 428 g/mol. The molecule has 2 heterocycles. The molecule has 6 nitrogen and oxygen atoms in total. The van der Waals surface area contributed by atoms with Crippen LogP contribution in [0.5, 0.6) is 5.75 Å². The first-order valence-corrected chi connectivity index (χ1v) is 10.9. The molecule has 2 aliphatic rings. The third kappa shape index (κ3) is 4.94. The Kier molecular flexibility index (Phi) is 6.63. The molecule has 2 aliphatic heterocycles. The molecule has 2 aromatic carbocycles. The lowest BCUT2D eigenvalue weighted by Crippen LogP contribution is -3.29. The minimum absolute atomic E-state index is 0.0359. The summed E-state index contributed by atoms with van der Waals surface area (Å²) in [6.45, 7) is 4.53. The normalized spacial score (nSPS) is 23.9. The zero-order valence-electron chi connectivity index (χ0n) is 17.9. The molecule has 4 rings (SSSR count). The van der Waals surface area contributed by atoms with Crippen LogP contribution in [0.4, 0.5) is 4.39 Å². The average Bonchev–Trinajstić information content (AvgIpc) is 3.07. The lowest BCUT2D eigenvalue weighted by Gasteiger charge is -2.32. The molecule has 0 aliphatic carbocycles. The SMILES string of the molecule is COc1ccc(F)cc1C[NH+]1CC[NH+]([C@@H]2CC(=O)N(CCc3ccccc3)C2=O)CC1. The second-order valence-corrected chi connectivity index (χ2v) is 8.42. The number of imide groups is 1. The van der Waals surface area contributed by atoms with E-state index in [1.54, 1.807) is 13.2 Å². The van der Waals surface area contributed by atoms with Gasteiger partial charge in [0.1, 0.15) is 44.3 Å². The van der Waals surface area contributed by atoms with Crippen molar-refractivity contribution < 1.29 is 28.5 Å². The minimum Gasteiger partial charge on any atom is -0.496 e. The Hall–Kier alpha value is -2.77. The van der Waals surface area contributed by atoms with Gasteiger partial charge in [0.15, 0.2) is 6.04 Å². The van der Waals surface area contributed by atoms with Crippen molar-refractivity contribution in [1.82, 2.24) is 4.90 Å². The van der Waals surface area contributed by atoms with E-state index in [2.05, 4.69) is 0 Å². The van der Waals surface area contributed by atoms with E-state index >= 15 is 0 Å². The van der Waals surface area contributed by atoms with Gasteiger partial charge in [-0.05, 0) is 30.2 Å². The number of rotatable bonds is 7. The highest BCUT2D eigenvalue weighted by atomic mass is 19.1. The Bertz CT molecular complexity index is 929. The Morgan fingerprint density at radius 2 is 1.81 bits per heavy atom. The fourth-order valence-electron chi connectivity index (χ4n) is 4.73. The maximum Gasteiger partial charge on any atom is 0.288 e. The molecule has 2 amide bonds. The van der Waals surface area contributed by atoms with E-state index in [1.807, 2.05) is 30.3 Å². The van der Waals surface area contributed by atoms with Gasteiger partial charge in [0, 0.05) is 6.54 Å². The van der Waals surface area contributed by atoms with Crippen LogP contribution in [0.2, 0.25) is 0 Å². The van der Waals surface area contributed by atoms with Crippen LogP contribution in [0, 0.1) is 5.82 Å². The number of hydrogen-bond donors (Lipinski definition) is 2. The molecule has 0 bridgehead atoms. The second-order valence-electron chi connectivity index (χ2n) is 8.42. The lowest BCUT2D eigenvalue weighted by molar-refractivity contribution is -1.02. The van der Waals surface area contributed by atoms with E-state index in [4.69, 9.17) is 4.74 Å². The number of halogens is 1. The van der Waals surface area contributed by atoms with Gasteiger partial charge in [-0.2, -0.15) is 0 Å². The highest BCUT2D eigenvalue weighted by Crippen LogP contribution is 2.18. The van der Waals surface area contributed by atoms with Gasteiger partial charge in [-0.1, -0.05) is 30.3 Å². The highest BCUT2D eigenvalue weighted by molar-refractivity contribution is 6.04. The van der Waals surface area contributed by atoms with E-state index in [9.17, 15) is 14.0 Å². The lowest BCUT2D eigenvalue weighted by atomic mass is 10.1. The van der Waals surface area contributed by atoms with E-state index < -0.39 is 0 Å². The van der Waals surface area contributed by atoms with Crippen molar-refractivity contribution in [3.8, 4) is 5.75 Å². The molecular weight excluding hydrogens is 397 g/mol. The molecule has 2 fully saturated rings. The summed E-state index contributed by atoms with van der Waals surface area (Å²) in [7, 11) is 1.60. The van der Waals surface area contributed by atoms with Crippen LogP contribution < -0.4 is 14.5 Å². The van der Waals surface area contributed by atoms with Crippen LogP contribution in [0.3, 0.4) is 0 Å². The summed E-state index contributed by atoms with van der Waals surface area (Å²) in [5.74, 6) is 0.350. The van der Waals surface area contributed by atoms with Crippen molar-refractivity contribution in [1.29, 1.82) is 0 Å². The quantitative estimate of drug-likeness (QED) is 0.586. The number of carbonyl (C=O) groups excluding carboxylic acids is 2. The van der Waals surface area contributed by atoms with Gasteiger partial charge in [0.25, 0.3) is 5.91 Å². The Morgan fingerprint density at radius 3 is 2.52 bits per heavy atom. The van der Waals surface area contributed by atoms with Crippen molar-refractivity contribution in [2.45, 2.75) is 25.4 Å². The number of likely N-dealkylation sites (tertiary alicyclic amines) is 1. The molecule has 2 saturated heterocycles. The molecule has 31 heavy (non-hydrogen) atoms. The van der Waals surface area contributed by atoms with Crippen LogP contribution >= 0.6 is 0 Å². The van der Waals surface area contributed by atoms with E-state index in [-0.39, 0.29) is 23.7 Å². The van der Waals surface area contributed by atoms with E-state index in [1.165, 1.54) is 26.8 Å². The molecule has 7 heteroatoms. The number of ether oxygens (including phenoxy) is 1. The molecule has 164 valence electrons. The van der Waals surface area contributed by atoms with E-state index in [0.717, 1.165) is 37.3 Å². The summed E-state index contributed by atoms with van der Waals surface area (Å²) in [6, 6.07) is 14.3.